The summed E-state index contributed by atoms with van der Waals surface area (Å²) in [6.07, 6.45) is 0.910. The van der Waals surface area contributed by atoms with Crippen molar-refractivity contribution in [1.82, 2.24) is 19.7 Å². The number of nitrogens with two attached hydrogens (primary N) is 1. The lowest BCUT2D eigenvalue weighted by Gasteiger charge is -2.29. The topological polar surface area (TPSA) is 216 Å². The molecule has 304 valence electrons. The molecule has 0 amide bonds. The molecule has 1 saturated heterocycles. The van der Waals surface area contributed by atoms with Gasteiger partial charge in [-0.05, 0) is 67.9 Å². The first-order valence-electron chi connectivity index (χ1n) is 19.0. The van der Waals surface area contributed by atoms with E-state index in [0.29, 0.717) is 5.52 Å². The van der Waals surface area contributed by atoms with Gasteiger partial charge in [-0.3, -0.25) is 18.9 Å². The molecule has 16 nitrogen and oxygen atoms in total. The van der Waals surface area contributed by atoms with E-state index in [0.717, 1.165) is 37.7 Å². The minimum Gasteiger partial charge on any atom is -0.461 e. The van der Waals surface area contributed by atoms with Crippen molar-refractivity contribution in [2.45, 2.75) is 129 Å². The zero-order chi connectivity index (χ0) is 41.0. The average molecular weight is 797 g/mol. The van der Waals surface area contributed by atoms with E-state index in [1.54, 1.807) is 45.9 Å². The Morgan fingerprint density at radius 3 is 2.23 bits per heavy atom. The predicted molar refractivity (Wildman–Crippen MR) is 204 cm³/mol. The van der Waals surface area contributed by atoms with Crippen LogP contribution in [0.25, 0.3) is 5.52 Å². The molecule has 3 heterocycles. The van der Waals surface area contributed by atoms with Crippen LogP contribution in [0.15, 0.2) is 42.7 Å². The second kappa shape index (κ2) is 17.3. The lowest BCUT2D eigenvalue weighted by molar-refractivity contribution is -0.173. The van der Waals surface area contributed by atoms with E-state index >= 15 is 0 Å². The van der Waals surface area contributed by atoms with Crippen LogP contribution in [0.2, 0.25) is 0 Å². The third-order valence-corrected chi connectivity index (χ3v) is 11.4. The summed E-state index contributed by atoms with van der Waals surface area (Å²) in [5, 5.41) is 17.9. The summed E-state index contributed by atoms with van der Waals surface area (Å²) in [5.41, 5.74) is 5.19. The van der Waals surface area contributed by atoms with Crippen molar-refractivity contribution >= 4 is 37.0 Å². The van der Waals surface area contributed by atoms with Crippen molar-refractivity contribution in [2.24, 2.45) is 11.8 Å². The molecule has 2 fully saturated rings. The maximum Gasteiger partial charge on any atom is 0.459 e. The third kappa shape index (κ3) is 9.52. The number of aromatic nitrogens is 3. The normalized spacial score (nSPS) is 23.3. The van der Waals surface area contributed by atoms with Gasteiger partial charge in [0.15, 0.2) is 18.0 Å². The minimum absolute atomic E-state index is 0.0920. The van der Waals surface area contributed by atoms with Crippen LogP contribution in [-0.4, -0.2) is 69.6 Å². The lowest BCUT2D eigenvalue weighted by atomic mass is 9.87. The lowest BCUT2D eigenvalue weighted by Crippen LogP contribution is -2.47. The number of anilines is 1. The highest BCUT2D eigenvalue weighted by Crippen LogP contribution is 2.49. The standard InChI is InChI=1S/C39H53N6O10P/c1-23(2)35(46)52-32-30(54-39(21-40,33(32)53-36(47)24(3)4)31-19-18-29-34(41)42-22-43-45(29)31)20-50-56(49,55-28-16-14-26(15-17-28)38(6,7)8)44-25(5)37(48)51-27-12-10-9-11-13-27/h14-19,22-25,27,30,32-33H,9-13,20H2,1-8H3,(H,44,49)(H2,41,42,43)/t25-,30+,32+,33+,39-,56?/m0/s1. The molecule has 2 aliphatic rings. The molecule has 3 aromatic rings. The Labute approximate surface area is 327 Å². The van der Waals surface area contributed by atoms with E-state index in [-0.39, 0.29) is 28.8 Å². The zero-order valence-corrected chi connectivity index (χ0v) is 34.1. The molecule has 3 N–H and O–H groups in total. The molecule has 0 bridgehead atoms. The number of carbonyl (C=O) groups is 3. The monoisotopic (exact) mass is 796 g/mol. The molecule has 1 saturated carbocycles. The van der Waals surface area contributed by atoms with E-state index in [1.165, 1.54) is 23.8 Å². The van der Waals surface area contributed by atoms with Crippen LogP contribution in [0.3, 0.4) is 0 Å². The molecule has 0 spiro atoms. The number of rotatable bonds is 14. The van der Waals surface area contributed by atoms with E-state index in [9.17, 15) is 24.2 Å². The van der Waals surface area contributed by atoms with Crippen LogP contribution in [-0.2, 0) is 53.4 Å². The summed E-state index contributed by atoms with van der Waals surface area (Å²) in [7, 11) is -4.52. The number of benzene rings is 1. The average Bonchev–Trinajstić information content (AvgIpc) is 3.71. The smallest absolute Gasteiger partial charge is 0.459 e. The van der Waals surface area contributed by atoms with Gasteiger partial charge in [-0.15, -0.1) is 0 Å². The first-order valence-corrected chi connectivity index (χ1v) is 20.5. The fourth-order valence-corrected chi connectivity index (χ4v) is 7.99. The fraction of sp³-hybridized carbons (Fsp3) is 0.590. The first-order chi connectivity index (χ1) is 26.4. The molecule has 0 radical (unpaired) electrons. The first kappa shape index (κ1) is 42.6. The van der Waals surface area contributed by atoms with Crippen LogP contribution in [0, 0.1) is 23.2 Å². The van der Waals surface area contributed by atoms with Crippen LogP contribution in [0.4, 0.5) is 5.82 Å². The summed E-state index contributed by atoms with van der Waals surface area (Å²) in [4.78, 5) is 43.8. The highest BCUT2D eigenvalue weighted by Gasteiger charge is 2.63. The van der Waals surface area contributed by atoms with Crippen LogP contribution in [0.5, 0.6) is 5.75 Å². The maximum absolute atomic E-state index is 14.8. The van der Waals surface area contributed by atoms with Crippen molar-refractivity contribution in [1.29, 1.82) is 5.26 Å². The van der Waals surface area contributed by atoms with Gasteiger partial charge in [-0.1, -0.05) is 67.0 Å². The molecule has 2 aromatic heterocycles. The van der Waals surface area contributed by atoms with E-state index in [4.69, 9.17) is 33.7 Å². The number of nitrogens with zero attached hydrogens (tertiary/aromatic N) is 4. The summed E-state index contributed by atoms with van der Waals surface area (Å²) in [5.74, 6) is -3.05. The maximum atomic E-state index is 14.8. The number of nitriles is 1. The molecule has 5 rings (SSSR count). The summed E-state index contributed by atoms with van der Waals surface area (Å²) >= 11 is 0. The van der Waals surface area contributed by atoms with Crippen LogP contribution in [0.1, 0.15) is 98.8 Å². The van der Waals surface area contributed by atoms with E-state index in [1.807, 2.05) is 32.9 Å². The second-order valence-electron chi connectivity index (χ2n) is 15.9. The third-order valence-electron chi connectivity index (χ3n) is 9.76. The molecule has 1 aliphatic carbocycles. The van der Waals surface area contributed by atoms with Crippen molar-refractivity contribution in [3.63, 3.8) is 0 Å². The van der Waals surface area contributed by atoms with E-state index < -0.39 is 74.1 Å². The Hall–Kier alpha value is -4.55. The number of hydrogen-bond donors (Lipinski definition) is 2. The zero-order valence-electron chi connectivity index (χ0n) is 33.2. The SMILES string of the molecule is CC(C)C(=O)O[C@H]1[C@@H](OC(=O)C(C)C)[C@](C#N)(c2ccc3c(N)ncnn23)O[C@@H]1COP(=O)(N[C@@H](C)C(=O)OC1CCCCC1)Oc1ccc(C(C)(C)C)cc1. The van der Waals surface area contributed by atoms with Crippen molar-refractivity contribution in [3.05, 3.63) is 54.0 Å². The Morgan fingerprint density at radius 2 is 1.62 bits per heavy atom. The number of fused-ring (bicyclic) bond motifs is 1. The van der Waals surface area contributed by atoms with Crippen LogP contribution < -0.4 is 15.3 Å². The second-order valence-corrected chi connectivity index (χ2v) is 17.6. The number of carbonyl (C=O) groups excluding carboxylic acids is 3. The number of esters is 3. The molecule has 1 unspecified atom stereocenters. The predicted octanol–water partition coefficient (Wildman–Crippen LogP) is 5.92. The van der Waals surface area contributed by atoms with Gasteiger partial charge in [0.25, 0.3) is 0 Å². The Bertz CT molecular complexity index is 1970. The minimum atomic E-state index is -4.52. The summed E-state index contributed by atoms with van der Waals surface area (Å²) in [6.45, 7) is 13.4. The van der Waals surface area contributed by atoms with E-state index in [2.05, 4.69) is 21.2 Å². The number of nitrogens with one attached hydrogen (secondary N) is 1. The largest absolute Gasteiger partial charge is 0.461 e. The van der Waals surface area contributed by atoms with Gasteiger partial charge < -0.3 is 29.2 Å². The van der Waals surface area contributed by atoms with Gasteiger partial charge >= 0.3 is 25.7 Å². The van der Waals surface area contributed by atoms with Crippen molar-refractivity contribution < 1.29 is 46.9 Å². The molecule has 1 aromatic carbocycles. The summed E-state index contributed by atoms with van der Waals surface area (Å²) in [6, 6.07) is 11.0. The molecule has 6 atom stereocenters. The van der Waals surface area contributed by atoms with Gasteiger partial charge in [0, 0.05) is 0 Å². The fourth-order valence-electron chi connectivity index (χ4n) is 6.49. The van der Waals surface area contributed by atoms with Gasteiger partial charge in [-0.2, -0.15) is 15.4 Å². The highest BCUT2D eigenvalue weighted by atomic mass is 31.2. The molecular weight excluding hydrogens is 743 g/mol. The number of ether oxygens (including phenoxy) is 4. The van der Waals surface area contributed by atoms with Gasteiger partial charge in [0.2, 0.25) is 5.60 Å². The number of nitrogen functional groups attached to an aromatic ring is 1. The molecule has 1 aliphatic heterocycles. The molecular formula is C39H53N6O10P. The summed E-state index contributed by atoms with van der Waals surface area (Å²) < 4.78 is 52.3. The molecule has 56 heavy (non-hydrogen) atoms. The highest BCUT2D eigenvalue weighted by molar-refractivity contribution is 7.52. The van der Waals surface area contributed by atoms with Gasteiger partial charge in [0.1, 0.15) is 41.9 Å². The Kier molecular flexibility index (Phi) is 13.2. The number of hydrogen-bond acceptors (Lipinski definition) is 14. The van der Waals surface area contributed by atoms with Gasteiger partial charge in [0.05, 0.1) is 24.1 Å². The Balaban J connectivity index is 1.53. The molecule has 17 heteroatoms. The van der Waals surface area contributed by atoms with Crippen LogP contribution >= 0.6 is 7.75 Å². The van der Waals surface area contributed by atoms with Gasteiger partial charge in [-0.25, -0.2) is 14.1 Å². The van der Waals surface area contributed by atoms with Crippen molar-refractivity contribution in [3.8, 4) is 11.8 Å². The van der Waals surface area contributed by atoms with Crippen molar-refractivity contribution in [2.75, 3.05) is 12.3 Å². The quantitative estimate of drug-likeness (QED) is 0.110. The Morgan fingerprint density at radius 1 is 0.982 bits per heavy atom.